The van der Waals surface area contributed by atoms with Crippen LogP contribution in [-0.2, 0) is 19.6 Å². The first-order chi connectivity index (χ1) is 13.5. The van der Waals surface area contributed by atoms with Gasteiger partial charge in [-0.3, -0.25) is 15.0 Å². The smallest absolute Gasteiger partial charge is 0.326 e. The summed E-state index contributed by atoms with van der Waals surface area (Å²) in [5, 5.41) is 2.64. The van der Waals surface area contributed by atoms with Crippen LogP contribution in [0.2, 0.25) is 0 Å². The Kier molecular flexibility index (Phi) is 5.20. The molecule has 4 aliphatic rings. The van der Waals surface area contributed by atoms with Crippen LogP contribution in [0.5, 0.6) is 0 Å². The summed E-state index contributed by atoms with van der Waals surface area (Å²) in [7, 11) is -1.79. The standard InChI is InChI=1S/C19H32N4O5S/c1-11-16(28-12(2)20-11)10-23-17(24)14-9-13(5-6-15(14)22(4)18(23)25)29(26,27)21-19(3)7-8-19/h11-16,20-21H,5-10H2,1-4H3. The van der Waals surface area contributed by atoms with Gasteiger partial charge in [-0.05, 0) is 52.9 Å². The van der Waals surface area contributed by atoms with E-state index in [2.05, 4.69) is 10.0 Å². The van der Waals surface area contributed by atoms with Gasteiger partial charge in [0.1, 0.15) is 6.23 Å². The molecular weight excluding hydrogens is 396 g/mol. The maximum absolute atomic E-state index is 13.2. The SMILES string of the molecule is CC1NC(C)C(CN2C(=O)C3CC(S(=O)(=O)NC4(C)CC4)CCC3N(C)C2=O)O1. The van der Waals surface area contributed by atoms with E-state index < -0.39 is 21.2 Å². The first-order valence-electron chi connectivity index (χ1n) is 10.5. The van der Waals surface area contributed by atoms with Gasteiger partial charge in [0.15, 0.2) is 0 Å². The van der Waals surface area contributed by atoms with Crippen LogP contribution in [0.1, 0.15) is 52.9 Å². The van der Waals surface area contributed by atoms with E-state index in [4.69, 9.17) is 4.74 Å². The summed E-state index contributed by atoms with van der Waals surface area (Å²) in [6.45, 7) is 5.95. The number of ether oxygens (including phenoxy) is 1. The molecule has 0 spiro atoms. The van der Waals surface area contributed by atoms with Crippen LogP contribution in [0.3, 0.4) is 0 Å². The van der Waals surface area contributed by atoms with Crippen LogP contribution in [0.4, 0.5) is 4.79 Å². The topological polar surface area (TPSA) is 108 Å². The number of nitrogens with one attached hydrogen (secondary N) is 2. The summed E-state index contributed by atoms with van der Waals surface area (Å²) in [6.07, 6.45) is 2.52. The molecule has 10 heteroatoms. The average Bonchev–Trinajstić information content (AvgIpc) is 3.27. The summed E-state index contributed by atoms with van der Waals surface area (Å²) < 4.78 is 34.4. The predicted octanol–water partition coefficient (Wildman–Crippen LogP) is 0.613. The van der Waals surface area contributed by atoms with E-state index in [1.807, 2.05) is 20.8 Å². The van der Waals surface area contributed by atoms with Crippen LogP contribution < -0.4 is 10.0 Å². The van der Waals surface area contributed by atoms with Crippen molar-refractivity contribution in [2.24, 2.45) is 5.92 Å². The van der Waals surface area contributed by atoms with Crippen molar-refractivity contribution in [1.82, 2.24) is 19.8 Å². The second-order valence-electron chi connectivity index (χ2n) is 9.43. The van der Waals surface area contributed by atoms with E-state index in [-0.39, 0.29) is 54.9 Å². The van der Waals surface area contributed by atoms with Gasteiger partial charge < -0.3 is 9.64 Å². The minimum absolute atomic E-state index is 0.0246. The zero-order valence-corrected chi connectivity index (χ0v) is 18.4. The molecule has 0 aromatic rings. The van der Waals surface area contributed by atoms with Gasteiger partial charge in [0.25, 0.3) is 0 Å². The van der Waals surface area contributed by atoms with E-state index in [0.717, 1.165) is 12.8 Å². The molecule has 2 saturated carbocycles. The van der Waals surface area contributed by atoms with Gasteiger partial charge >= 0.3 is 6.03 Å². The fourth-order valence-corrected chi connectivity index (χ4v) is 6.88. The van der Waals surface area contributed by atoms with E-state index in [0.29, 0.717) is 12.8 Å². The van der Waals surface area contributed by atoms with Crippen molar-refractivity contribution >= 4 is 22.0 Å². The minimum atomic E-state index is -3.50. The normalized spacial score (nSPS) is 39.6. The molecule has 0 aromatic heterocycles. The molecule has 9 nitrogen and oxygen atoms in total. The fraction of sp³-hybridized carbons (Fsp3) is 0.895. The Morgan fingerprint density at radius 3 is 2.52 bits per heavy atom. The van der Waals surface area contributed by atoms with Gasteiger partial charge in [0.05, 0.1) is 23.8 Å². The van der Waals surface area contributed by atoms with E-state index >= 15 is 0 Å². The number of urea groups is 1. The number of sulfonamides is 1. The Labute approximate surface area is 172 Å². The number of carbonyl (C=O) groups excluding carboxylic acids is 2. The van der Waals surface area contributed by atoms with Gasteiger partial charge in [0.2, 0.25) is 15.9 Å². The van der Waals surface area contributed by atoms with Crippen LogP contribution in [0.15, 0.2) is 0 Å². The molecule has 6 unspecified atom stereocenters. The Bertz CT molecular complexity index is 798. The van der Waals surface area contributed by atoms with E-state index in [1.165, 1.54) is 4.90 Å². The van der Waals surface area contributed by atoms with Crippen LogP contribution in [0, 0.1) is 5.92 Å². The number of fused-ring (bicyclic) bond motifs is 1. The molecule has 4 rings (SSSR count). The van der Waals surface area contributed by atoms with Gasteiger partial charge in [-0.25, -0.2) is 17.9 Å². The summed E-state index contributed by atoms with van der Waals surface area (Å²) in [6, 6.07) is -0.540. The monoisotopic (exact) mass is 428 g/mol. The lowest BCUT2D eigenvalue weighted by atomic mass is 9.81. The highest BCUT2D eigenvalue weighted by Crippen LogP contribution is 2.39. The van der Waals surface area contributed by atoms with Crippen LogP contribution >= 0.6 is 0 Å². The van der Waals surface area contributed by atoms with Gasteiger partial charge in [-0.15, -0.1) is 0 Å². The van der Waals surface area contributed by atoms with Crippen molar-refractivity contribution in [2.45, 2.75) is 88.1 Å². The molecule has 2 aliphatic heterocycles. The zero-order chi connectivity index (χ0) is 21.1. The third-order valence-electron chi connectivity index (χ3n) is 7.00. The highest BCUT2D eigenvalue weighted by Gasteiger charge is 2.52. The van der Waals surface area contributed by atoms with Crippen molar-refractivity contribution in [3.8, 4) is 0 Å². The number of rotatable bonds is 5. The van der Waals surface area contributed by atoms with Crippen molar-refractivity contribution in [2.75, 3.05) is 13.6 Å². The molecule has 2 aliphatic carbocycles. The fourth-order valence-electron chi connectivity index (χ4n) is 4.92. The van der Waals surface area contributed by atoms with Gasteiger partial charge in [-0.1, -0.05) is 0 Å². The number of hydrogen-bond acceptors (Lipinski definition) is 6. The first-order valence-corrected chi connectivity index (χ1v) is 12.1. The summed E-state index contributed by atoms with van der Waals surface area (Å²) in [5.74, 6) is -0.770. The molecule has 29 heavy (non-hydrogen) atoms. The minimum Gasteiger partial charge on any atom is -0.357 e. The maximum atomic E-state index is 13.2. The van der Waals surface area contributed by atoms with Crippen LogP contribution in [-0.4, -0.2) is 79.0 Å². The van der Waals surface area contributed by atoms with Crippen molar-refractivity contribution < 1.29 is 22.7 Å². The lowest BCUT2D eigenvalue weighted by Crippen LogP contribution is -2.64. The Morgan fingerprint density at radius 1 is 1.24 bits per heavy atom. The number of nitrogens with zero attached hydrogens (tertiary/aromatic N) is 2. The largest absolute Gasteiger partial charge is 0.357 e. The van der Waals surface area contributed by atoms with E-state index in [1.54, 1.807) is 11.9 Å². The average molecular weight is 429 g/mol. The number of carbonyl (C=O) groups is 2. The highest BCUT2D eigenvalue weighted by atomic mass is 32.2. The molecule has 0 bridgehead atoms. The van der Waals surface area contributed by atoms with Crippen molar-refractivity contribution in [3.05, 3.63) is 0 Å². The van der Waals surface area contributed by atoms with Gasteiger partial charge in [-0.2, -0.15) is 0 Å². The molecule has 0 aromatic carbocycles. The predicted molar refractivity (Wildman–Crippen MR) is 106 cm³/mol. The molecule has 0 radical (unpaired) electrons. The summed E-state index contributed by atoms with van der Waals surface area (Å²) in [4.78, 5) is 29.0. The third kappa shape index (κ3) is 3.92. The summed E-state index contributed by atoms with van der Waals surface area (Å²) in [5.41, 5.74) is -0.329. The second kappa shape index (κ2) is 7.18. The molecule has 6 atom stereocenters. The third-order valence-corrected chi connectivity index (χ3v) is 9.09. The van der Waals surface area contributed by atoms with Crippen molar-refractivity contribution in [3.63, 3.8) is 0 Å². The zero-order valence-electron chi connectivity index (χ0n) is 17.6. The van der Waals surface area contributed by atoms with Crippen LogP contribution in [0.25, 0.3) is 0 Å². The van der Waals surface area contributed by atoms with Gasteiger partial charge in [0, 0.05) is 24.7 Å². The first kappa shape index (κ1) is 21.0. The Balaban J connectivity index is 1.50. The Morgan fingerprint density at radius 2 is 1.93 bits per heavy atom. The summed E-state index contributed by atoms with van der Waals surface area (Å²) >= 11 is 0. The maximum Gasteiger partial charge on any atom is 0.326 e. The van der Waals surface area contributed by atoms with E-state index in [9.17, 15) is 18.0 Å². The number of amides is 3. The lowest BCUT2D eigenvalue weighted by Gasteiger charge is -2.47. The number of hydrogen-bond donors (Lipinski definition) is 2. The molecule has 164 valence electrons. The second-order valence-corrected chi connectivity index (χ2v) is 11.4. The van der Waals surface area contributed by atoms with Crippen molar-refractivity contribution in [1.29, 1.82) is 0 Å². The highest BCUT2D eigenvalue weighted by molar-refractivity contribution is 7.90. The Hall–Kier alpha value is -1.23. The molecule has 4 fully saturated rings. The molecule has 2 saturated heterocycles. The molecule has 2 heterocycles. The molecule has 3 amide bonds. The molecular formula is C19H32N4O5S. The number of imide groups is 1. The lowest BCUT2D eigenvalue weighted by molar-refractivity contribution is -0.141. The molecule has 2 N–H and O–H groups in total. The quantitative estimate of drug-likeness (QED) is 0.664.